The number of carboxylic acid groups (broad SMARTS) is 1. The standard InChI is InChI=1S/C20H21NO6/c22-19(23)6-3-11-25-15-9-7-14(8-10-15)12-21-20(24)18-13-26-16-4-1-2-5-17(16)27-18/h1-2,4-5,7-10,18H,3,6,11-13H2,(H,21,24)(H,22,23). The maximum Gasteiger partial charge on any atom is 0.303 e. The highest BCUT2D eigenvalue weighted by molar-refractivity contribution is 5.81. The van der Waals surface area contributed by atoms with Crippen LogP contribution in [0.1, 0.15) is 18.4 Å². The van der Waals surface area contributed by atoms with Gasteiger partial charge in [-0.1, -0.05) is 24.3 Å². The third-order valence-corrected chi connectivity index (χ3v) is 3.99. The lowest BCUT2D eigenvalue weighted by Gasteiger charge is -2.25. The van der Waals surface area contributed by atoms with E-state index in [4.69, 9.17) is 19.3 Å². The average molecular weight is 371 g/mol. The molecule has 0 aliphatic carbocycles. The summed E-state index contributed by atoms with van der Waals surface area (Å²) in [5.74, 6) is 0.795. The second-order valence-electron chi connectivity index (χ2n) is 6.07. The molecule has 0 bridgehead atoms. The van der Waals surface area contributed by atoms with E-state index >= 15 is 0 Å². The van der Waals surface area contributed by atoms with Crippen LogP contribution in [0.3, 0.4) is 0 Å². The highest BCUT2D eigenvalue weighted by Crippen LogP contribution is 2.30. The van der Waals surface area contributed by atoms with Gasteiger partial charge in [0.05, 0.1) is 6.61 Å². The monoisotopic (exact) mass is 371 g/mol. The Labute approximate surface area is 156 Å². The van der Waals surface area contributed by atoms with E-state index in [0.717, 1.165) is 5.56 Å². The molecule has 0 spiro atoms. The number of hydrogen-bond acceptors (Lipinski definition) is 5. The predicted octanol–water partition coefficient (Wildman–Crippen LogP) is 2.39. The Morgan fingerprint density at radius 2 is 1.85 bits per heavy atom. The van der Waals surface area contributed by atoms with Gasteiger partial charge >= 0.3 is 5.97 Å². The van der Waals surface area contributed by atoms with Gasteiger partial charge in [-0.25, -0.2) is 0 Å². The molecule has 0 saturated carbocycles. The van der Waals surface area contributed by atoms with Gasteiger partial charge in [-0.05, 0) is 36.2 Å². The Bertz CT molecular complexity index is 789. The number of aliphatic carboxylic acids is 1. The lowest BCUT2D eigenvalue weighted by Crippen LogP contribution is -2.43. The van der Waals surface area contributed by atoms with Gasteiger partial charge in [-0.2, -0.15) is 0 Å². The number of ether oxygens (including phenoxy) is 3. The first kappa shape index (κ1) is 18.6. The first-order chi connectivity index (χ1) is 13.1. The largest absolute Gasteiger partial charge is 0.494 e. The molecular formula is C20H21NO6. The van der Waals surface area contributed by atoms with Crippen molar-refractivity contribution in [2.75, 3.05) is 13.2 Å². The molecule has 1 aliphatic rings. The molecule has 0 radical (unpaired) electrons. The van der Waals surface area contributed by atoms with Gasteiger partial charge in [0.1, 0.15) is 12.4 Å². The van der Waals surface area contributed by atoms with Crippen LogP contribution in [0.5, 0.6) is 17.2 Å². The second kappa shape index (κ2) is 8.93. The number of benzene rings is 2. The minimum absolute atomic E-state index is 0.0849. The molecule has 2 N–H and O–H groups in total. The zero-order valence-electron chi connectivity index (χ0n) is 14.7. The molecule has 1 aliphatic heterocycles. The van der Waals surface area contributed by atoms with Crippen LogP contribution >= 0.6 is 0 Å². The number of nitrogens with one attached hydrogen (secondary N) is 1. The van der Waals surface area contributed by atoms with E-state index in [1.54, 1.807) is 24.3 Å². The molecule has 27 heavy (non-hydrogen) atoms. The average Bonchev–Trinajstić information content (AvgIpc) is 2.69. The molecule has 0 aromatic heterocycles. The van der Waals surface area contributed by atoms with Gasteiger partial charge in [0.25, 0.3) is 5.91 Å². The van der Waals surface area contributed by atoms with Crippen LogP contribution in [0, 0.1) is 0 Å². The lowest BCUT2D eigenvalue weighted by atomic mass is 10.2. The predicted molar refractivity (Wildman–Crippen MR) is 97.0 cm³/mol. The number of carbonyl (C=O) groups excluding carboxylic acids is 1. The first-order valence-corrected chi connectivity index (χ1v) is 8.71. The van der Waals surface area contributed by atoms with Crippen molar-refractivity contribution in [2.45, 2.75) is 25.5 Å². The topological polar surface area (TPSA) is 94.1 Å². The van der Waals surface area contributed by atoms with Crippen molar-refractivity contribution in [3.05, 3.63) is 54.1 Å². The van der Waals surface area contributed by atoms with Gasteiger partial charge in [0.2, 0.25) is 6.10 Å². The van der Waals surface area contributed by atoms with Crippen molar-refractivity contribution < 1.29 is 28.9 Å². The summed E-state index contributed by atoms with van der Waals surface area (Å²) in [6.45, 7) is 0.883. The highest BCUT2D eigenvalue weighted by atomic mass is 16.6. The smallest absolute Gasteiger partial charge is 0.303 e. The SMILES string of the molecule is O=C(O)CCCOc1ccc(CNC(=O)C2COc3ccccc3O2)cc1. The molecule has 2 aromatic rings. The van der Waals surface area contributed by atoms with E-state index in [0.29, 0.717) is 36.8 Å². The van der Waals surface area contributed by atoms with Gasteiger partial charge in [0.15, 0.2) is 11.5 Å². The van der Waals surface area contributed by atoms with Gasteiger partial charge in [-0.3, -0.25) is 9.59 Å². The van der Waals surface area contributed by atoms with Gasteiger partial charge < -0.3 is 24.6 Å². The minimum atomic E-state index is -0.833. The van der Waals surface area contributed by atoms with Crippen molar-refractivity contribution in [1.82, 2.24) is 5.32 Å². The van der Waals surface area contributed by atoms with Crippen LogP contribution in [0.4, 0.5) is 0 Å². The van der Waals surface area contributed by atoms with E-state index in [1.165, 1.54) is 0 Å². The molecular weight excluding hydrogens is 350 g/mol. The molecule has 0 fully saturated rings. The molecule has 1 atom stereocenters. The maximum absolute atomic E-state index is 12.3. The van der Waals surface area contributed by atoms with Crippen LogP contribution in [0.15, 0.2) is 48.5 Å². The van der Waals surface area contributed by atoms with Crippen LogP contribution < -0.4 is 19.5 Å². The molecule has 1 unspecified atom stereocenters. The van der Waals surface area contributed by atoms with E-state index in [9.17, 15) is 9.59 Å². The van der Waals surface area contributed by atoms with Crippen LogP contribution in [0.2, 0.25) is 0 Å². The zero-order valence-corrected chi connectivity index (χ0v) is 14.7. The van der Waals surface area contributed by atoms with E-state index in [-0.39, 0.29) is 18.9 Å². The molecule has 142 valence electrons. The minimum Gasteiger partial charge on any atom is -0.494 e. The summed E-state index contributed by atoms with van der Waals surface area (Å²) in [6.07, 6.45) is -0.141. The Kier molecular flexibility index (Phi) is 6.14. The Hall–Kier alpha value is -3.22. The molecule has 7 nitrogen and oxygen atoms in total. The maximum atomic E-state index is 12.3. The summed E-state index contributed by atoms with van der Waals surface area (Å²) in [4.78, 5) is 22.7. The first-order valence-electron chi connectivity index (χ1n) is 8.71. The quantitative estimate of drug-likeness (QED) is 0.692. The van der Waals surface area contributed by atoms with Crippen LogP contribution in [0.25, 0.3) is 0 Å². The number of carboxylic acids is 1. The summed E-state index contributed by atoms with van der Waals surface area (Å²) in [5, 5.41) is 11.4. The number of hydrogen-bond donors (Lipinski definition) is 2. The molecule has 2 aromatic carbocycles. The fraction of sp³-hybridized carbons (Fsp3) is 0.300. The van der Waals surface area contributed by atoms with Crippen LogP contribution in [-0.2, 0) is 16.1 Å². The fourth-order valence-corrected chi connectivity index (χ4v) is 2.57. The van der Waals surface area contributed by atoms with Crippen molar-refractivity contribution in [2.24, 2.45) is 0 Å². The Morgan fingerprint density at radius 1 is 1.11 bits per heavy atom. The van der Waals surface area contributed by atoms with Gasteiger partial charge in [-0.15, -0.1) is 0 Å². The van der Waals surface area contributed by atoms with Crippen molar-refractivity contribution in [1.29, 1.82) is 0 Å². The highest BCUT2D eigenvalue weighted by Gasteiger charge is 2.26. The number of para-hydroxylation sites is 2. The molecule has 3 rings (SSSR count). The van der Waals surface area contributed by atoms with E-state index < -0.39 is 12.1 Å². The van der Waals surface area contributed by atoms with Crippen molar-refractivity contribution >= 4 is 11.9 Å². The number of amides is 1. The zero-order chi connectivity index (χ0) is 19.1. The molecule has 1 heterocycles. The van der Waals surface area contributed by atoms with E-state index in [1.807, 2.05) is 24.3 Å². The summed E-state index contributed by atoms with van der Waals surface area (Å²) in [7, 11) is 0. The Morgan fingerprint density at radius 3 is 2.59 bits per heavy atom. The third-order valence-electron chi connectivity index (χ3n) is 3.99. The molecule has 0 saturated heterocycles. The third kappa shape index (κ3) is 5.37. The number of rotatable bonds is 8. The summed E-state index contributed by atoms with van der Waals surface area (Å²) >= 11 is 0. The van der Waals surface area contributed by atoms with Gasteiger partial charge in [0, 0.05) is 13.0 Å². The summed E-state index contributed by atoms with van der Waals surface area (Å²) in [6, 6.07) is 14.5. The van der Waals surface area contributed by atoms with Crippen LogP contribution in [-0.4, -0.2) is 36.3 Å². The summed E-state index contributed by atoms with van der Waals surface area (Å²) < 4.78 is 16.7. The van der Waals surface area contributed by atoms with E-state index in [2.05, 4.69) is 5.32 Å². The fourth-order valence-electron chi connectivity index (χ4n) is 2.57. The Balaban J connectivity index is 1.43. The molecule has 1 amide bonds. The molecule has 7 heteroatoms. The van der Waals surface area contributed by atoms with Crippen molar-refractivity contribution in [3.8, 4) is 17.2 Å². The number of fused-ring (bicyclic) bond motifs is 1. The van der Waals surface area contributed by atoms with Crippen molar-refractivity contribution in [3.63, 3.8) is 0 Å². The normalized spacial score (nSPS) is 15.0. The number of carbonyl (C=O) groups is 2. The lowest BCUT2D eigenvalue weighted by molar-refractivity contribution is -0.137. The second-order valence-corrected chi connectivity index (χ2v) is 6.07. The summed E-state index contributed by atoms with van der Waals surface area (Å²) in [5.41, 5.74) is 0.915.